The molecular weight excluding hydrogens is 334 g/mol. The van der Waals surface area contributed by atoms with Crippen LogP contribution in [0.25, 0.3) is 0 Å². The molecule has 2 aromatic rings. The van der Waals surface area contributed by atoms with Crippen molar-refractivity contribution >= 4 is 23.3 Å². The van der Waals surface area contributed by atoms with Gasteiger partial charge in [-0.3, -0.25) is 14.9 Å². The van der Waals surface area contributed by atoms with E-state index in [-0.39, 0.29) is 22.7 Å². The summed E-state index contributed by atoms with van der Waals surface area (Å²) in [4.78, 5) is 33.8. The van der Waals surface area contributed by atoms with Crippen LogP contribution in [0.3, 0.4) is 0 Å². The minimum Gasteiger partial charge on any atom is -0.619 e. The molecule has 0 saturated heterocycles. The van der Waals surface area contributed by atoms with Gasteiger partial charge in [-0.25, -0.2) is 4.79 Å². The standard InChI is InChI=1S/C15H13N3O7/c1-24-13-3-2-11(18(22)23)8-12(13)16-14(19)9-25-15(20)10-4-6-17(21)7-5-10/h2-8H,9H2,1H3,(H,16,19). The van der Waals surface area contributed by atoms with Crippen molar-refractivity contribution in [2.24, 2.45) is 0 Å². The first-order chi connectivity index (χ1) is 11.9. The highest BCUT2D eigenvalue weighted by molar-refractivity contribution is 5.96. The molecule has 1 N–H and O–H groups in total. The van der Waals surface area contributed by atoms with Crippen molar-refractivity contribution < 1.29 is 28.7 Å². The number of non-ortho nitro benzene ring substituents is 1. The number of esters is 1. The third-order valence-electron chi connectivity index (χ3n) is 3.04. The van der Waals surface area contributed by atoms with Crippen LogP contribution in [-0.2, 0) is 9.53 Å². The van der Waals surface area contributed by atoms with Crippen LogP contribution in [0.15, 0.2) is 42.7 Å². The SMILES string of the molecule is COc1ccc([N+](=O)[O-])cc1NC(=O)COC(=O)c1cc[n+]([O-])cc1. The van der Waals surface area contributed by atoms with Crippen molar-refractivity contribution in [3.8, 4) is 5.75 Å². The second kappa shape index (κ2) is 7.73. The zero-order chi connectivity index (χ0) is 18.4. The summed E-state index contributed by atoms with van der Waals surface area (Å²) in [6.07, 6.45) is 2.23. The molecule has 10 heteroatoms. The van der Waals surface area contributed by atoms with Gasteiger partial charge in [-0.05, 0) is 6.07 Å². The third-order valence-corrected chi connectivity index (χ3v) is 3.04. The number of nitrogens with zero attached hydrogens (tertiary/aromatic N) is 2. The summed E-state index contributed by atoms with van der Waals surface area (Å²) >= 11 is 0. The Bertz CT molecular complexity index is 805. The molecule has 0 aliphatic heterocycles. The van der Waals surface area contributed by atoms with Gasteiger partial charge in [-0.15, -0.1) is 0 Å². The number of hydrogen-bond acceptors (Lipinski definition) is 7. The van der Waals surface area contributed by atoms with Gasteiger partial charge in [-0.1, -0.05) is 0 Å². The summed E-state index contributed by atoms with van der Waals surface area (Å²) in [5.74, 6) is -1.28. The van der Waals surface area contributed by atoms with Crippen molar-refractivity contribution in [3.63, 3.8) is 0 Å². The van der Waals surface area contributed by atoms with Crippen LogP contribution in [0.2, 0.25) is 0 Å². The van der Waals surface area contributed by atoms with Crippen LogP contribution < -0.4 is 14.8 Å². The van der Waals surface area contributed by atoms with E-state index in [1.807, 2.05) is 0 Å². The Balaban J connectivity index is 2.00. The monoisotopic (exact) mass is 347 g/mol. The number of hydrogen-bond donors (Lipinski definition) is 1. The van der Waals surface area contributed by atoms with E-state index < -0.39 is 23.4 Å². The maximum absolute atomic E-state index is 11.9. The van der Waals surface area contributed by atoms with Crippen molar-refractivity contribution in [2.45, 2.75) is 0 Å². The molecule has 25 heavy (non-hydrogen) atoms. The number of ether oxygens (including phenoxy) is 2. The summed E-state index contributed by atoms with van der Waals surface area (Å²) in [6.45, 7) is -0.614. The van der Waals surface area contributed by atoms with E-state index in [4.69, 9.17) is 9.47 Å². The number of aromatic nitrogens is 1. The van der Waals surface area contributed by atoms with Crippen LogP contribution in [-0.4, -0.2) is 30.5 Å². The average Bonchev–Trinajstić information content (AvgIpc) is 2.60. The largest absolute Gasteiger partial charge is 0.619 e. The van der Waals surface area contributed by atoms with Gasteiger partial charge in [0.2, 0.25) is 0 Å². The van der Waals surface area contributed by atoms with Crippen molar-refractivity contribution in [3.05, 3.63) is 63.6 Å². The predicted molar refractivity (Wildman–Crippen MR) is 84.0 cm³/mol. The lowest BCUT2D eigenvalue weighted by atomic mass is 10.2. The van der Waals surface area contributed by atoms with Crippen LogP contribution in [0.4, 0.5) is 11.4 Å². The fraction of sp³-hybridized carbons (Fsp3) is 0.133. The number of carbonyl (C=O) groups is 2. The molecule has 2 rings (SSSR count). The van der Waals surface area contributed by atoms with Gasteiger partial charge < -0.3 is 20.0 Å². The van der Waals surface area contributed by atoms with Crippen LogP contribution in [0.1, 0.15) is 10.4 Å². The first-order valence-corrected chi connectivity index (χ1v) is 6.89. The third kappa shape index (κ3) is 4.64. The zero-order valence-electron chi connectivity index (χ0n) is 13.0. The molecule has 0 aliphatic rings. The normalized spacial score (nSPS) is 9.96. The number of anilines is 1. The lowest BCUT2D eigenvalue weighted by Gasteiger charge is -2.10. The van der Waals surface area contributed by atoms with Gasteiger partial charge >= 0.3 is 5.97 Å². The Morgan fingerprint density at radius 1 is 1.24 bits per heavy atom. The smallest absolute Gasteiger partial charge is 0.339 e. The second-order valence-corrected chi connectivity index (χ2v) is 4.71. The number of amides is 1. The van der Waals surface area contributed by atoms with E-state index >= 15 is 0 Å². The number of nitro groups is 1. The summed E-state index contributed by atoms with van der Waals surface area (Å²) in [7, 11) is 1.34. The maximum atomic E-state index is 11.9. The molecule has 0 unspecified atom stereocenters. The van der Waals surface area contributed by atoms with E-state index in [1.165, 1.54) is 31.4 Å². The quantitative estimate of drug-likeness (QED) is 0.271. The van der Waals surface area contributed by atoms with Crippen LogP contribution in [0, 0.1) is 15.3 Å². The highest BCUT2D eigenvalue weighted by Crippen LogP contribution is 2.28. The van der Waals surface area contributed by atoms with Gasteiger partial charge in [0.15, 0.2) is 19.0 Å². The molecule has 1 amide bonds. The Morgan fingerprint density at radius 3 is 2.52 bits per heavy atom. The molecule has 0 fully saturated rings. The molecule has 0 atom stereocenters. The Hall–Kier alpha value is -3.69. The van der Waals surface area contributed by atoms with Gasteiger partial charge in [0.05, 0.1) is 23.3 Å². The van der Waals surface area contributed by atoms with Gasteiger partial charge in [-0.2, -0.15) is 4.73 Å². The van der Waals surface area contributed by atoms with Crippen LogP contribution in [0.5, 0.6) is 5.75 Å². The van der Waals surface area contributed by atoms with E-state index in [1.54, 1.807) is 0 Å². The first-order valence-electron chi connectivity index (χ1n) is 6.89. The second-order valence-electron chi connectivity index (χ2n) is 4.71. The minimum atomic E-state index is -0.790. The first kappa shape index (κ1) is 17.7. The average molecular weight is 347 g/mol. The Labute approximate surface area is 141 Å². The number of nitro benzene ring substituents is 1. The summed E-state index contributed by atoms with van der Waals surface area (Å²) < 4.78 is 10.3. The number of benzene rings is 1. The van der Waals surface area contributed by atoms with Gasteiger partial charge in [0.25, 0.3) is 11.6 Å². The summed E-state index contributed by atoms with van der Waals surface area (Å²) in [5.41, 5.74) is -0.0546. The molecule has 1 aromatic carbocycles. The number of pyridine rings is 1. The molecule has 0 aliphatic carbocycles. The molecular formula is C15H13N3O7. The fourth-order valence-electron chi connectivity index (χ4n) is 1.86. The highest BCUT2D eigenvalue weighted by Gasteiger charge is 2.15. The molecule has 10 nitrogen and oxygen atoms in total. The minimum absolute atomic E-state index is 0.0739. The van der Waals surface area contributed by atoms with E-state index in [0.717, 1.165) is 18.5 Å². The Kier molecular flexibility index (Phi) is 5.46. The number of nitrogens with one attached hydrogen (secondary N) is 1. The topological polar surface area (TPSA) is 135 Å². The predicted octanol–water partition coefficient (Wildman–Crippen LogP) is 1.03. The summed E-state index contributed by atoms with van der Waals surface area (Å²) in [5, 5.41) is 24.1. The zero-order valence-corrected chi connectivity index (χ0v) is 13.0. The van der Waals surface area contributed by atoms with Crippen molar-refractivity contribution in [2.75, 3.05) is 19.0 Å². The van der Waals surface area contributed by atoms with Crippen molar-refractivity contribution in [1.29, 1.82) is 0 Å². The van der Waals surface area contributed by atoms with E-state index in [9.17, 15) is 24.9 Å². The highest BCUT2D eigenvalue weighted by atomic mass is 16.6. The number of carbonyl (C=O) groups excluding carboxylic acids is 2. The molecule has 0 radical (unpaired) electrons. The number of rotatable bonds is 6. The van der Waals surface area contributed by atoms with Crippen molar-refractivity contribution in [1.82, 2.24) is 0 Å². The molecule has 0 saturated carbocycles. The van der Waals surface area contributed by atoms with Gasteiger partial charge in [0, 0.05) is 24.3 Å². The lowest BCUT2D eigenvalue weighted by molar-refractivity contribution is -0.605. The molecule has 130 valence electrons. The fourth-order valence-corrected chi connectivity index (χ4v) is 1.86. The molecule has 1 aromatic heterocycles. The van der Waals surface area contributed by atoms with E-state index in [0.29, 0.717) is 4.73 Å². The number of methoxy groups -OCH3 is 1. The summed E-state index contributed by atoms with van der Waals surface area (Å²) in [6, 6.07) is 6.19. The Morgan fingerprint density at radius 2 is 1.92 bits per heavy atom. The van der Waals surface area contributed by atoms with Gasteiger partial charge in [0.1, 0.15) is 5.75 Å². The molecule has 0 spiro atoms. The van der Waals surface area contributed by atoms with Crippen LogP contribution >= 0.6 is 0 Å². The van der Waals surface area contributed by atoms with E-state index in [2.05, 4.69) is 5.32 Å². The maximum Gasteiger partial charge on any atom is 0.339 e. The molecule has 0 bridgehead atoms. The molecule has 1 heterocycles. The lowest BCUT2D eigenvalue weighted by Crippen LogP contribution is -2.25.